The number of hydrogen-bond acceptors (Lipinski definition) is 4. The number of para-hydroxylation sites is 1. The van der Waals surface area contributed by atoms with Crippen LogP contribution in [0.15, 0.2) is 52.9 Å². The molecule has 1 N–H and O–H groups in total. The monoisotopic (exact) mass is 375 g/mol. The van der Waals surface area contributed by atoms with Crippen LogP contribution < -0.4 is 10.2 Å². The molecular weight excluding hydrogens is 350 g/mol. The van der Waals surface area contributed by atoms with Crippen LogP contribution in [0.3, 0.4) is 0 Å². The fourth-order valence-corrected chi connectivity index (χ4v) is 3.60. The Hall–Kier alpha value is -3.08. The summed E-state index contributed by atoms with van der Waals surface area (Å²) in [6.07, 6.45) is 1.31. The summed E-state index contributed by atoms with van der Waals surface area (Å²) in [4.78, 5) is 19.2. The SMILES string of the molecule is Cc1ccc(-c2nc(CC(=O)NCCN3CCc4ccccc43)c(C)o2)cc1. The van der Waals surface area contributed by atoms with E-state index in [4.69, 9.17) is 4.42 Å². The maximum Gasteiger partial charge on any atom is 0.226 e. The smallest absolute Gasteiger partial charge is 0.226 e. The van der Waals surface area contributed by atoms with Crippen LogP contribution in [0.4, 0.5) is 5.69 Å². The summed E-state index contributed by atoms with van der Waals surface area (Å²) in [5, 5.41) is 3.01. The lowest BCUT2D eigenvalue weighted by atomic mass is 10.1. The minimum absolute atomic E-state index is 0.0284. The zero-order chi connectivity index (χ0) is 19.5. The third-order valence-electron chi connectivity index (χ3n) is 5.21. The first-order valence-electron chi connectivity index (χ1n) is 9.73. The highest BCUT2D eigenvalue weighted by molar-refractivity contribution is 5.78. The highest BCUT2D eigenvalue weighted by Crippen LogP contribution is 2.26. The summed E-state index contributed by atoms with van der Waals surface area (Å²) >= 11 is 0. The van der Waals surface area contributed by atoms with Crippen molar-refractivity contribution in [2.24, 2.45) is 0 Å². The van der Waals surface area contributed by atoms with Crippen molar-refractivity contribution in [3.63, 3.8) is 0 Å². The Balaban J connectivity index is 1.31. The fourth-order valence-electron chi connectivity index (χ4n) is 3.60. The molecule has 4 rings (SSSR count). The number of carbonyl (C=O) groups excluding carboxylic acids is 1. The molecule has 0 aliphatic carbocycles. The highest BCUT2D eigenvalue weighted by atomic mass is 16.4. The number of nitrogens with one attached hydrogen (secondary N) is 1. The molecule has 2 heterocycles. The zero-order valence-corrected chi connectivity index (χ0v) is 16.4. The molecule has 2 aromatic carbocycles. The van der Waals surface area contributed by atoms with E-state index in [9.17, 15) is 4.79 Å². The number of nitrogens with zero attached hydrogens (tertiary/aromatic N) is 2. The molecule has 0 saturated heterocycles. The lowest BCUT2D eigenvalue weighted by molar-refractivity contribution is -0.120. The van der Waals surface area contributed by atoms with Gasteiger partial charge in [-0.1, -0.05) is 35.9 Å². The molecule has 28 heavy (non-hydrogen) atoms. The van der Waals surface area contributed by atoms with Gasteiger partial charge in [-0.3, -0.25) is 4.79 Å². The molecule has 3 aromatic rings. The fraction of sp³-hybridized carbons (Fsp3) is 0.304. The Kier molecular flexibility index (Phi) is 5.15. The first-order chi connectivity index (χ1) is 13.6. The van der Waals surface area contributed by atoms with E-state index in [1.807, 2.05) is 38.1 Å². The number of aromatic nitrogens is 1. The van der Waals surface area contributed by atoms with E-state index in [1.54, 1.807) is 0 Å². The number of fused-ring (bicyclic) bond motifs is 1. The summed E-state index contributed by atoms with van der Waals surface area (Å²) in [6, 6.07) is 16.5. The van der Waals surface area contributed by atoms with Crippen LogP contribution in [-0.2, 0) is 17.6 Å². The number of rotatable bonds is 6. The van der Waals surface area contributed by atoms with E-state index in [0.717, 1.165) is 25.1 Å². The lowest BCUT2D eigenvalue weighted by Gasteiger charge is -2.19. The van der Waals surface area contributed by atoms with Crippen LogP contribution in [0, 0.1) is 13.8 Å². The van der Waals surface area contributed by atoms with Gasteiger partial charge in [-0.25, -0.2) is 4.98 Å². The highest BCUT2D eigenvalue weighted by Gasteiger charge is 2.18. The maximum absolute atomic E-state index is 12.4. The Bertz CT molecular complexity index is 976. The number of anilines is 1. The first kappa shape index (κ1) is 18.3. The summed E-state index contributed by atoms with van der Waals surface area (Å²) in [5.74, 6) is 1.23. The number of carbonyl (C=O) groups is 1. The minimum Gasteiger partial charge on any atom is -0.441 e. The molecule has 0 bridgehead atoms. The van der Waals surface area contributed by atoms with Crippen molar-refractivity contribution in [3.05, 3.63) is 71.1 Å². The summed E-state index contributed by atoms with van der Waals surface area (Å²) in [5.41, 5.74) is 5.47. The average molecular weight is 375 g/mol. The number of benzene rings is 2. The van der Waals surface area contributed by atoms with Crippen LogP contribution in [0.5, 0.6) is 0 Å². The van der Waals surface area contributed by atoms with Crippen molar-refractivity contribution in [3.8, 4) is 11.5 Å². The predicted octanol–water partition coefficient (Wildman–Crippen LogP) is 3.68. The van der Waals surface area contributed by atoms with Gasteiger partial charge in [-0.2, -0.15) is 0 Å². The van der Waals surface area contributed by atoms with Crippen LogP contribution in [-0.4, -0.2) is 30.5 Å². The van der Waals surface area contributed by atoms with E-state index in [1.165, 1.54) is 16.8 Å². The third kappa shape index (κ3) is 3.93. The van der Waals surface area contributed by atoms with Crippen LogP contribution >= 0.6 is 0 Å². The molecule has 0 saturated carbocycles. The summed E-state index contributed by atoms with van der Waals surface area (Å²) in [7, 11) is 0. The molecule has 0 spiro atoms. The third-order valence-corrected chi connectivity index (χ3v) is 5.21. The molecule has 1 aliphatic heterocycles. The van der Waals surface area contributed by atoms with Gasteiger partial charge < -0.3 is 14.6 Å². The molecule has 0 atom stereocenters. The number of amides is 1. The molecule has 5 nitrogen and oxygen atoms in total. The Morgan fingerprint density at radius 1 is 1.14 bits per heavy atom. The van der Waals surface area contributed by atoms with E-state index in [2.05, 4.69) is 39.5 Å². The lowest BCUT2D eigenvalue weighted by Crippen LogP contribution is -2.35. The van der Waals surface area contributed by atoms with Crippen LogP contribution in [0.2, 0.25) is 0 Å². The molecule has 1 aliphatic rings. The van der Waals surface area contributed by atoms with Gasteiger partial charge in [-0.15, -0.1) is 0 Å². The van der Waals surface area contributed by atoms with Gasteiger partial charge in [0.25, 0.3) is 0 Å². The first-order valence-corrected chi connectivity index (χ1v) is 9.73. The number of oxazole rings is 1. The van der Waals surface area contributed by atoms with E-state index < -0.39 is 0 Å². The Labute approximate surface area is 165 Å². The van der Waals surface area contributed by atoms with Crippen LogP contribution in [0.1, 0.15) is 22.6 Å². The topological polar surface area (TPSA) is 58.4 Å². The Morgan fingerprint density at radius 3 is 2.75 bits per heavy atom. The van der Waals surface area contributed by atoms with Crippen molar-refractivity contribution in [2.75, 3.05) is 24.5 Å². The summed E-state index contributed by atoms with van der Waals surface area (Å²) in [6.45, 7) is 6.34. The number of aryl methyl sites for hydroxylation is 2. The average Bonchev–Trinajstić information content (AvgIpc) is 3.26. The van der Waals surface area contributed by atoms with Gasteiger partial charge in [0.05, 0.1) is 12.1 Å². The van der Waals surface area contributed by atoms with Crippen molar-refractivity contribution < 1.29 is 9.21 Å². The predicted molar refractivity (Wildman–Crippen MR) is 110 cm³/mol. The quantitative estimate of drug-likeness (QED) is 0.714. The standard InChI is InChI=1S/C23H25N3O2/c1-16-7-9-19(10-8-16)23-25-20(17(2)28-23)15-22(27)24-12-14-26-13-11-18-5-3-4-6-21(18)26/h3-10H,11-15H2,1-2H3,(H,24,27). The van der Waals surface area contributed by atoms with Gasteiger partial charge in [-0.05, 0) is 44.0 Å². The molecule has 0 unspecified atom stereocenters. The van der Waals surface area contributed by atoms with Crippen LogP contribution in [0.25, 0.3) is 11.5 Å². The van der Waals surface area contributed by atoms with Gasteiger partial charge in [0.15, 0.2) is 0 Å². The van der Waals surface area contributed by atoms with Gasteiger partial charge in [0.1, 0.15) is 5.76 Å². The zero-order valence-electron chi connectivity index (χ0n) is 16.4. The molecular formula is C23H25N3O2. The molecule has 0 radical (unpaired) electrons. The molecule has 5 heteroatoms. The summed E-state index contributed by atoms with van der Waals surface area (Å²) < 4.78 is 5.77. The second kappa shape index (κ2) is 7.89. The van der Waals surface area contributed by atoms with E-state index >= 15 is 0 Å². The molecule has 1 amide bonds. The van der Waals surface area contributed by atoms with Crippen molar-refractivity contribution in [1.82, 2.24) is 10.3 Å². The molecule has 144 valence electrons. The van der Waals surface area contributed by atoms with Crippen molar-refractivity contribution >= 4 is 11.6 Å². The molecule has 0 fully saturated rings. The molecule has 1 aromatic heterocycles. The maximum atomic E-state index is 12.4. The van der Waals surface area contributed by atoms with E-state index in [-0.39, 0.29) is 12.3 Å². The second-order valence-corrected chi connectivity index (χ2v) is 7.28. The van der Waals surface area contributed by atoms with Crippen molar-refractivity contribution in [1.29, 1.82) is 0 Å². The second-order valence-electron chi connectivity index (χ2n) is 7.28. The number of hydrogen-bond donors (Lipinski definition) is 1. The largest absolute Gasteiger partial charge is 0.441 e. The van der Waals surface area contributed by atoms with Gasteiger partial charge in [0, 0.05) is 30.9 Å². The van der Waals surface area contributed by atoms with Crippen molar-refractivity contribution in [2.45, 2.75) is 26.7 Å². The Morgan fingerprint density at radius 2 is 1.93 bits per heavy atom. The van der Waals surface area contributed by atoms with E-state index in [0.29, 0.717) is 23.9 Å². The normalized spacial score (nSPS) is 12.9. The van der Waals surface area contributed by atoms with Gasteiger partial charge >= 0.3 is 0 Å². The van der Waals surface area contributed by atoms with Gasteiger partial charge in [0.2, 0.25) is 11.8 Å². The minimum atomic E-state index is -0.0284.